The maximum absolute atomic E-state index is 12.6. The zero-order chi connectivity index (χ0) is 16.7. The number of amides is 1. The number of para-hydroxylation sites is 1. The zero-order valence-corrected chi connectivity index (χ0v) is 12.5. The Labute approximate surface area is 134 Å². The van der Waals surface area contributed by atoms with E-state index in [0.717, 1.165) is 5.56 Å². The van der Waals surface area contributed by atoms with Crippen molar-refractivity contribution in [3.05, 3.63) is 65.7 Å². The van der Waals surface area contributed by atoms with Crippen molar-refractivity contribution in [2.24, 2.45) is 0 Å². The SMILES string of the molecule is N#Cc1ccccc1N(CCC(=O)O)C(=O)Cc1ccccc1. The number of aliphatic carboxylic acids is 1. The highest BCUT2D eigenvalue weighted by atomic mass is 16.4. The highest BCUT2D eigenvalue weighted by Gasteiger charge is 2.19. The van der Waals surface area contributed by atoms with Gasteiger partial charge in [-0.25, -0.2) is 0 Å². The molecular weight excluding hydrogens is 292 g/mol. The van der Waals surface area contributed by atoms with E-state index in [-0.39, 0.29) is 25.3 Å². The molecule has 2 rings (SSSR count). The maximum Gasteiger partial charge on any atom is 0.305 e. The van der Waals surface area contributed by atoms with E-state index >= 15 is 0 Å². The standard InChI is InChI=1S/C18H16N2O3/c19-13-15-8-4-5-9-16(15)20(11-10-18(22)23)17(21)12-14-6-2-1-3-7-14/h1-9H,10-12H2,(H,22,23). The fourth-order valence-corrected chi connectivity index (χ4v) is 2.26. The van der Waals surface area contributed by atoms with Gasteiger partial charge in [-0.15, -0.1) is 0 Å². The number of carboxylic acid groups (broad SMARTS) is 1. The highest BCUT2D eigenvalue weighted by molar-refractivity contribution is 5.96. The quantitative estimate of drug-likeness (QED) is 0.889. The van der Waals surface area contributed by atoms with Crippen LogP contribution in [0.3, 0.4) is 0 Å². The molecule has 0 fully saturated rings. The Morgan fingerprint density at radius 1 is 1.04 bits per heavy atom. The van der Waals surface area contributed by atoms with E-state index in [1.54, 1.807) is 24.3 Å². The van der Waals surface area contributed by atoms with Gasteiger partial charge in [0.2, 0.25) is 5.91 Å². The van der Waals surface area contributed by atoms with Crippen molar-refractivity contribution in [2.45, 2.75) is 12.8 Å². The minimum atomic E-state index is -0.989. The smallest absolute Gasteiger partial charge is 0.305 e. The van der Waals surface area contributed by atoms with Crippen LogP contribution in [0.15, 0.2) is 54.6 Å². The predicted molar refractivity (Wildman–Crippen MR) is 85.9 cm³/mol. The summed E-state index contributed by atoms with van der Waals surface area (Å²) in [5.74, 6) is -1.22. The molecule has 2 aromatic rings. The van der Waals surface area contributed by atoms with E-state index in [1.807, 2.05) is 36.4 Å². The van der Waals surface area contributed by atoms with Crippen LogP contribution >= 0.6 is 0 Å². The van der Waals surface area contributed by atoms with Gasteiger partial charge in [-0.2, -0.15) is 5.26 Å². The van der Waals surface area contributed by atoms with E-state index in [1.165, 1.54) is 4.90 Å². The molecule has 0 radical (unpaired) electrons. The van der Waals surface area contributed by atoms with Gasteiger partial charge in [0.15, 0.2) is 0 Å². The number of carbonyl (C=O) groups excluding carboxylic acids is 1. The number of hydrogen-bond acceptors (Lipinski definition) is 3. The molecule has 116 valence electrons. The van der Waals surface area contributed by atoms with Crippen LogP contribution < -0.4 is 4.90 Å². The molecule has 1 amide bonds. The number of hydrogen-bond donors (Lipinski definition) is 1. The van der Waals surface area contributed by atoms with Gasteiger partial charge in [-0.1, -0.05) is 42.5 Å². The third kappa shape index (κ3) is 4.42. The number of anilines is 1. The lowest BCUT2D eigenvalue weighted by Gasteiger charge is -2.23. The molecule has 0 bridgehead atoms. The highest BCUT2D eigenvalue weighted by Crippen LogP contribution is 2.21. The number of carbonyl (C=O) groups is 2. The molecule has 2 aromatic carbocycles. The van der Waals surface area contributed by atoms with Gasteiger partial charge in [0.05, 0.1) is 24.1 Å². The first kappa shape index (κ1) is 16.2. The third-order valence-corrected chi connectivity index (χ3v) is 3.36. The summed E-state index contributed by atoms with van der Waals surface area (Å²) in [6, 6.07) is 18.0. The topological polar surface area (TPSA) is 81.4 Å². The van der Waals surface area contributed by atoms with E-state index in [2.05, 4.69) is 0 Å². The molecule has 5 heteroatoms. The van der Waals surface area contributed by atoms with Crippen LogP contribution in [0.5, 0.6) is 0 Å². The Bertz CT molecular complexity index is 735. The number of nitriles is 1. The molecule has 0 saturated carbocycles. The lowest BCUT2D eigenvalue weighted by atomic mass is 10.1. The molecule has 0 saturated heterocycles. The molecule has 1 N–H and O–H groups in total. The second-order valence-electron chi connectivity index (χ2n) is 4.98. The largest absolute Gasteiger partial charge is 0.481 e. The van der Waals surface area contributed by atoms with Gasteiger partial charge >= 0.3 is 5.97 Å². The second kappa shape index (κ2) is 7.76. The van der Waals surface area contributed by atoms with Gasteiger partial charge < -0.3 is 10.0 Å². The molecule has 0 aliphatic carbocycles. The lowest BCUT2D eigenvalue weighted by molar-refractivity contribution is -0.136. The van der Waals surface area contributed by atoms with Crippen LogP contribution in [0.1, 0.15) is 17.5 Å². The Hall–Kier alpha value is -3.13. The van der Waals surface area contributed by atoms with Crippen LogP contribution in [0.25, 0.3) is 0 Å². The Kier molecular flexibility index (Phi) is 5.48. The van der Waals surface area contributed by atoms with Crippen molar-refractivity contribution in [1.29, 1.82) is 5.26 Å². The van der Waals surface area contributed by atoms with Crippen molar-refractivity contribution in [3.8, 4) is 6.07 Å². The van der Waals surface area contributed by atoms with E-state index < -0.39 is 5.97 Å². The monoisotopic (exact) mass is 308 g/mol. The van der Waals surface area contributed by atoms with Crippen molar-refractivity contribution in [2.75, 3.05) is 11.4 Å². The summed E-state index contributed by atoms with van der Waals surface area (Å²) in [5, 5.41) is 18.1. The molecule has 0 unspecified atom stereocenters. The number of benzene rings is 2. The van der Waals surface area contributed by atoms with E-state index in [0.29, 0.717) is 11.3 Å². The summed E-state index contributed by atoms with van der Waals surface area (Å²) in [5.41, 5.74) is 1.63. The van der Waals surface area contributed by atoms with Crippen molar-refractivity contribution in [3.63, 3.8) is 0 Å². The van der Waals surface area contributed by atoms with Gasteiger partial charge in [0, 0.05) is 6.54 Å². The van der Waals surface area contributed by atoms with E-state index in [4.69, 9.17) is 5.11 Å². The maximum atomic E-state index is 12.6. The molecule has 0 heterocycles. The summed E-state index contributed by atoms with van der Waals surface area (Å²) in [6.07, 6.45) is -0.0273. The van der Waals surface area contributed by atoms with Gasteiger partial charge in [0.1, 0.15) is 6.07 Å². The first-order chi connectivity index (χ1) is 11.1. The fraction of sp³-hybridized carbons (Fsp3) is 0.167. The van der Waals surface area contributed by atoms with Gasteiger partial charge in [0.25, 0.3) is 0 Å². The molecule has 0 aromatic heterocycles. The molecule has 0 aliphatic rings. The second-order valence-corrected chi connectivity index (χ2v) is 4.98. The summed E-state index contributed by atoms with van der Waals surface area (Å²) in [4.78, 5) is 24.9. The van der Waals surface area contributed by atoms with Crippen molar-refractivity contribution in [1.82, 2.24) is 0 Å². The summed E-state index contributed by atoms with van der Waals surface area (Å²) in [7, 11) is 0. The van der Waals surface area contributed by atoms with Crippen LogP contribution in [-0.4, -0.2) is 23.5 Å². The van der Waals surface area contributed by atoms with Gasteiger partial charge in [-0.3, -0.25) is 9.59 Å². The normalized spacial score (nSPS) is 9.87. The van der Waals surface area contributed by atoms with E-state index in [9.17, 15) is 14.9 Å². The average Bonchev–Trinajstić information content (AvgIpc) is 2.56. The number of carboxylic acids is 1. The molecule has 0 aliphatic heterocycles. The van der Waals surface area contributed by atoms with Crippen LogP contribution in [0, 0.1) is 11.3 Å². The molecule has 0 spiro atoms. The lowest BCUT2D eigenvalue weighted by Crippen LogP contribution is -2.34. The first-order valence-corrected chi connectivity index (χ1v) is 7.17. The number of nitrogens with zero attached hydrogens (tertiary/aromatic N) is 2. The molecule has 5 nitrogen and oxygen atoms in total. The Morgan fingerprint density at radius 2 is 1.70 bits per heavy atom. The fourth-order valence-electron chi connectivity index (χ4n) is 2.26. The minimum Gasteiger partial charge on any atom is -0.481 e. The predicted octanol–water partition coefficient (Wildman–Crippen LogP) is 2.61. The third-order valence-electron chi connectivity index (χ3n) is 3.36. The summed E-state index contributed by atoms with van der Waals surface area (Å²) < 4.78 is 0. The van der Waals surface area contributed by atoms with Gasteiger partial charge in [-0.05, 0) is 17.7 Å². The molecule has 0 atom stereocenters. The summed E-state index contributed by atoms with van der Waals surface area (Å²) >= 11 is 0. The summed E-state index contributed by atoms with van der Waals surface area (Å²) in [6.45, 7) is 0.0275. The van der Waals surface area contributed by atoms with Crippen LogP contribution in [0.4, 0.5) is 5.69 Å². The Balaban J connectivity index is 2.28. The van der Waals surface area contributed by atoms with Crippen LogP contribution in [0.2, 0.25) is 0 Å². The molecule has 23 heavy (non-hydrogen) atoms. The first-order valence-electron chi connectivity index (χ1n) is 7.17. The molecular formula is C18H16N2O3. The number of rotatable bonds is 6. The zero-order valence-electron chi connectivity index (χ0n) is 12.5. The Morgan fingerprint density at radius 3 is 2.35 bits per heavy atom. The van der Waals surface area contributed by atoms with Crippen molar-refractivity contribution < 1.29 is 14.7 Å². The average molecular weight is 308 g/mol. The minimum absolute atomic E-state index is 0.0275. The van der Waals surface area contributed by atoms with Crippen molar-refractivity contribution >= 4 is 17.6 Å². The van der Waals surface area contributed by atoms with Crippen LogP contribution in [-0.2, 0) is 16.0 Å².